The van der Waals surface area contributed by atoms with Gasteiger partial charge >= 0.3 is 0 Å². The Morgan fingerprint density at radius 2 is 1.71 bits per heavy atom. The standard InChI is InChI=1S/C24H30N2O2/c1-28-22-12-10-19(11-13-22)23(26-14-4-5-15-26)17-25-24(27)21-9-8-18-6-2-3-7-20(18)16-21/h8-13,16,23H,2-7,14-15,17H2,1H3,(H,25,27). The van der Waals surface area contributed by atoms with Gasteiger partial charge < -0.3 is 10.1 Å². The number of aryl methyl sites for hydroxylation is 2. The van der Waals surface area contributed by atoms with Gasteiger partial charge in [-0.05, 0) is 92.6 Å². The molecule has 2 aromatic carbocycles. The molecule has 0 saturated carbocycles. The Bertz CT molecular complexity index is 810. The van der Waals surface area contributed by atoms with Crippen molar-refractivity contribution in [3.63, 3.8) is 0 Å². The van der Waals surface area contributed by atoms with Crippen LogP contribution in [-0.2, 0) is 12.8 Å². The maximum atomic E-state index is 12.8. The Balaban J connectivity index is 1.46. The topological polar surface area (TPSA) is 41.6 Å². The molecule has 0 spiro atoms. The normalized spacial score (nSPS) is 17.8. The molecular formula is C24H30N2O2. The first kappa shape index (κ1) is 19.0. The van der Waals surface area contributed by atoms with Crippen LogP contribution in [0.25, 0.3) is 0 Å². The van der Waals surface area contributed by atoms with Crippen molar-refractivity contribution in [2.24, 2.45) is 0 Å². The SMILES string of the molecule is COc1ccc(C(CNC(=O)c2ccc3c(c2)CCCC3)N2CCCC2)cc1. The summed E-state index contributed by atoms with van der Waals surface area (Å²) in [6.07, 6.45) is 7.19. The molecule has 2 aromatic rings. The van der Waals surface area contributed by atoms with E-state index in [4.69, 9.17) is 4.74 Å². The van der Waals surface area contributed by atoms with Gasteiger partial charge in [0.25, 0.3) is 5.91 Å². The van der Waals surface area contributed by atoms with Gasteiger partial charge in [0.1, 0.15) is 5.75 Å². The lowest BCUT2D eigenvalue weighted by Crippen LogP contribution is -2.36. The summed E-state index contributed by atoms with van der Waals surface area (Å²) in [5.74, 6) is 0.896. The summed E-state index contributed by atoms with van der Waals surface area (Å²) in [5, 5.41) is 3.20. The molecule has 1 unspecified atom stereocenters. The van der Waals surface area contributed by atoms with Gasteiger partial charge in [-0.1, -0.05) is 18.2 Å². The fraction of sp³-hybridized carbons (Fsp3) is 0.458. The van der Waals surface area contributed by atoms with Crippen molar-refractivity contribution in [1.29, 1.82) is 0 Å². The molecule has 148 valence electrons. The predicted molar refractivity (Wildman–Crippen MR) is 112 cm³/mol. The van der Waals surface area contributed by atoms with Crippen LogP contribution in [-0.4, -0.2) is 37.6 Å². The molecular weight excluding hydrogens is 348 g/mol. The fourth-order valence-electron chi connectivity index (χ4n) is 4.50. The third kappa shape index (κ3) is 4.22. The highest BCUT2D eigenvalue weighted by atomic mass is 16.5. The van der Waals surface area contributed by atoms with Gasteiger partial charge in [0.05, 0.1) is 13.2 Å². The average molecular weight is 379 g/mol. The minimum absolute atomic E-state index is 0.0334. The molecule has 4 heteroatoms. The van der Waals surface area contributed by atoms with E-state index in [1.54, 1.807) is 7.11 Å². The van der Waals surface area contributed by atoms with E-state index in [0.29, 0.717) is 6.54 Å². The van der Waals surface area contributed by atoms with E-state index >= 15 is 0 Å². The summed E-state index contributed by atoms with van der Waals surface area (Å²) in [5.41, 5.74) is 4.78. The molecule has 1 N–H and O–H groups in total. The Hall–Kier alpha value is -2.33. The lowest BCUT2D eigenvalue weighted by Gasteiger charge is -2.28. The molecule has 0 radical (unpaired) electrons. The number of likely N-dealkylation sites (tertiary alicyclic amines) is 1. The molecule has 2 aliphatic rings. The summed E-state index contributed by atoms with van der Waals surface area (Å²) in [6.45, 7) is 2.80. The van der Waals surface area contributed by atoms with Crippen molar-refractivity contribution in [2.45, 2.75) is 44.6 Å². The quantitative estimate of drug-likeness (QED) is 0.821. The van der Waals surface area contributed by atoms with Gasteiger partial charge in [0.15, 0.2) is 0 Å². The molecule has 1 fully saturated rings. The number of methoxy groups -OCH3 is 1. The van der Waals surface area contributed by atoms with Crippen LogP contribution in [0.15, 0.2) is 42.5 Å². The second kappa shape index (κ2) is 8.78. The predicted octanol–water partition coefficient (Wildman–Crippen LogP) is 4.14. The van der Waals surface area contributed by atoms with Crippen molar-refractivity contribution in [2.75, 3.05) is 26.7 Å². The van der Waals surface area contributed by atoms with E-state index < -0.39 is 0 Å². The summed E-state index contributed by atoms with van der Waals surface area (Å²) in [4.78, 5) is 15.3. The van der Waals surface area contributed by atoms with Gasteiger partial charge in [0.2, 0.25) is 0 Å². The molecule has 1 heterocycles. The number of ether oxygens (including phenoxy) is 1. The number of hydrogen-bond donors (Lipinski definition) is 1. The number of rotatable bonds is 6. The number of nitrogens with one attached hydrogen (secondary N) is 1. The molecule has 28 heavy (non-hydrogen) atoms. The maximum Gasteiger partial charge on any atom is 0.251 e. The van der Waals surface area contributed by atoms with E-state index in [2.05, 4.69) is 34.5 Å². The zero-order chi connectivity index (χ0) is 19.3. The van der Waals surface area contributed by atoms with Crippen LogP contribution >= 0.6 is 0 Å². The van der Waals surface area contributed by atoms with Crippen LogP contribution in [0.3, 0.4) is 0 Å². The first-order valence-electron chi connectivity index (χ1n) is 10.5. The van der Waals surface area contributed by atoms with Gasteiger partial charge in [-0.15, -0.1) is 0 Å². The smallest absolute Gasteiger partial charge is 0.251 e. The maximum absolute atomic E-state index is 12.8. The molecule has 1 saturated heterocycles. The minimum atomic E-state index is 0.0334. The van der Waals surface area contributed by atoms with Crippen molar-refractivity contribution < 1.29 is 9.53 Å². The number of amides is 1. The van der Waals surface area contributed by atoms with Crippen LogP contribution in [0.4, 0.5) is 0 Å². The van der Waals surface area contributed by atoms with Crippen LogP contribution < -0.4 is 10.1 Å². The summed E-state index contributed by atoms with van der Waals surface area (Å²) in [6, 6.07) is 14.7. The van der Waals surface area contributed by atoms with E-state index in [0.717, 1.165) is 37.2 Å². The van der Waals surface area contributed by atoms with Crippen molar-refractivity contribution in [1.82, 2.24) is 10.2 Å². The second-order valence-corrected chi connectivity index (χ2v) is 7.93. The molecule has 1 aliphatic heterocycles. The van der Waals surface area contributed by atoms with Crippen LogP contribution in [0.2, 0.25) is 0 Å². The molecule has 1 atom stereocenters. The van der Waals surface area contributed by atoms with Crippen molar-refractivity contribution >= 4 is 5.91 Å². The summed E-state index contributed by atoms with van der Waals surface area (Å²) in [7, 11) is 1.69. The summed E-state index contributed by atoms with van der Waals surface area (Å²) < 4.78 is 5.29. The van der Waals surface area contributed by atoms with Crippen LogP contribution in [0.5, 0.6) is 5.75 Å². The zero-order valence-electron chi connectivity index (χ0n) is 16.7. The number of carbonyl (C=O) groups is 1. The highest BCUT2D eigenvalue weighted by Crippen LogP contribution is 2.27. The molecule has 4 nitrogen and oxygen atoms in total. The molecule has 0 aromatic heterocycles. The number of nitrogens with zero attached hydrogens (tertiary/aromatic N) is 1. The largest absolute Gasteiger partial charge is 0.497 e. The molecule has 4 rings (SSSR count). The molecule has 0 bridgehead atoms. The zero-order valence-corrected chi connectivity index (χ0v) is 16.7. The minimum Gasteiger partial charge on any atom is -0.497 e. The van der Waals surface area contributed by atoms with Crippen molar-refractivity contribution in [3.05, 3.63) is 64.7 Å². The van der Waals surface area contributed by atoms with E-state index in [9.17, 15) is 4.79 Å². The average Bonchev–Trinajstić information content (AvgIpc) is 3.28. The van der Waals surface area contributed by atoms with Crippen molar-refractivity contribution in [3.8, 4) is 5.75 Å². The Morgan fingerprint density at radius 1 is 1.00 bits per heavy atom. The van der Waals surface area contributed by atoms with Gasteiger partial charge in [-0.2, -0.15) is 0 Å². The van der Waals surface area contributed by atoms with Gasteiger partial charge in [-0.3, -0.25) is 9.69 Å². The third-order valence-corrected chi connectivity index (χ3v) is 6.15. The lowest BCUT2D eigenvalue weighted by atomic mass is 9.90. The van der Waals surface area contributed by atoms with Crippen LogP contribution in [0, 0.1) is 0 Å². The van der Waals surface area contributed by atoms with E-state index in [1.165, 1.54) is 42.4 Å². The van der Waals surface area contributed by atoms with Crippen LogP contribution in [0.1, 0.15) is 58.8 Å². The van der Waals surface area contributed by atoms with E-state index in [-0.39, 0.29) is 11.9 Å². The highest BCUT2D eigenvalue weighted by Gasteiger charge is 2.24. The monoisotopic (exact) mass is 378 g/mol. The summed E-state index contributed by atoms with van der Waals surface area (Å²) >= 11 is 0. The Kier molecular flexibility index (Phi) is 5.96. The lowest BCUT2D eigenvalue weighted by molar-refractivity contribution is 0.0937. The third-order valence-electron chi connectivity index (χ3n) is 6.15. The Morgan fingerprint density at radius 3 is 2.43 bits per heavy atom. The highest BCUT2D eigenvalue weighted by molar-refractivity contribution is 5.94. The fourth-order valence-corrected chi connectivity index (χ4v) is 4.50. The van der Waals surface area contributed by atoms with E-state index in [1.807, 2.05) is 18.2 Å². The first-order chi connectivity index (χ1) is 13.7. The first-order valence-corrected chi connectivity index (χ1v) is 10.5. The molecule has 1 amide bonds. The number of hydrogen-bond acceptors (Lipinski definition) is 3. The van der Waals surface area contributed by atoms with Gasteiger partial charge in [-0.25, -0.2) is 0 Å². The second-order valence-electron chi connectivity index (χ2n) is 7.93. The molecule has 1 aliphatic carbocycles. The number of benzene rings is 2. The number of carbonyl (C=O) groups excluding carboxylic acids is 1. The van der Waals surface area contributed by atoms with Gasteiger partial charge in [0, 0.05) is 12.1 Å². The number of fused-ring (bicyclic) bond motifs is 1. The Labute approximate surface area is 167 Å².